The van der Waals surface area contributed by atoms with E-state index in [1.54, 1.807) is 13.8 Å². The van der Waals surface area contributed by atoms with Crippen LogP contribution in [0.4, 0.5) is 5.69 Å². The van der Waals surface area contributed by atoms with E-state index in [2.05, 4.69) is 9.71 Å². The highest BCUT2D eigenvalue weighted by atomic mass is 35.5. The molecule has 0 fully saturated rings. The van der Waals surface area contributed by atoms with Gasteiger partial charge in [0.05, 0.1) is 17.9 Å². The van der Waals surface area contributed by atoms with Gasteiger partial charge < -0.3 is 10.2 Å². The molecular weight excluding hydrogens is 302 g/mol. The number of nitrogen functional groups attached to an aromatic ring is 1. The predicted octanol–water partition coefficient (Wildman–Crippen LogP) is 2.26. The normalized spacial score (nSPS) is 13.3. The molecule has 1 aromatic heterocycles. The van der Waals surface area contributed by atoms with Crippen LogP contribution in [0.2, 0.25) is 5.02 Å². The van der Waals surface area contributed by atoms with E-state index in [1.165, 1.54) is 24.4 Å². The van der Waals surface area contributed by atoms with Crippen LogP contribution in [0.3, 0.4) is 0 Å². The maximum Gasteiger partial charge on any atom is 0.243 e. The molecule has 0 aliphatic heterocycles. The van der Waals surface area contributed by atoms with Crippen molar-refractivity contribution < 1.29 is 12.8 Å². The Balaban J connectivity index is 2.29. The zero-order valence-electron chi connectivity index (χ0n) is 10.9. The van der Waals surface area contributed by atoms with E-state index in [-0.39, 0.29) is 16.5 Å². The summed E-state index contributed by atoms with van der Waals surface area (Å²) in [5, 5.41) is 0.291. The van der Waals surface area contributed by atoms with Gasteiger partial charge in [-0.1, -0.05) is 11.6 Å². The van der Waals surface area contributed by atoms with Gasteiger partial charge in [-0.3, -0.25) is 0 Å². The van der Waals surface area contributed by atoms with Crippen molar-refractivity contribution >= 4 is 27.3 Å². The number of sulfonamides is 1. The lowest BCUT2D eigenvalue weighted by Gasteiger charge is -2.13. The first-order chi connectivity index (χ1) is 9.29. The Morgan fingerprint density at radius 1 is 1.45 bits per heavy atom. The topological polar surface area (TPSA) is 98.2 Å². The van der Waals surface area contributed by atoms with Crippen LogP contribution < -0.4 is 10.5 Å². The van der Waals surface area contributed by atoms with Crippen molar-refractivity contribution in [3.63, 3.8) is 0 Å². The van der Waals surface area contributed by atoms with Crippen molar-refractivity contribution in [1.29, 1.82) is 0 Å². The lowest BCUT2D eigenvalue weighted by atomic mass is 10.3. The fraction of sp³-hybridized carbons (Fsp3) is 0.250. The number of hydrogen-bond donors (Lipinski definition) is 2. The van der Waals surface area contributed by atoms with E-state index in [4.69, 9.17) is 21.8 Å². The molecule has 1 atom stereocenters. The molecule has 0 saturated carbocycles. The SMILES string of the molecule is Cc1cnc(C(C)NS(=O)(=O)c2cc(Cl)ccc2N)o1. The minimum atomic E-state index is -3.81. The van der Waals surface area contributed by atoms with Crippen molar-refractivity contribution in [2.24, 2.45) is 0 Å². The summed E-state index contributed by atoms with van der Waals surface area (Å²) in [6.45, 7) is 3.36. The van der Waals surface area contributed by atoms with Crippen LogP contribution in [-0.2, 0) is 10.0 Å². The number of nitrogens with two attached hydrogens (primary N) is 1. The first kappa shape index (κ1) is 14.8. The zero-order chi connectivity index (χ0) is 14.9. The van der Waals surface area contributed by atoms with Crippen molar-refractivity contribution in [3.05, 3.63) is 41.1 Å². The predicted molar refractivity (Wildman–Crippen MR) is 75.8 cm³/mol. The summed E-state index contributed by atoms with van der Waals surface area (Å²) in [4.78, 5) is 3.91. The van der Waals surface area contributed by atoms with Gasteiger partial charge in [0.2, 0.25) is 15.9 Å². The lowest BCUT2D eigenvalue weighted by molar-refractivity contribution is 0.428. The standard InChI is InChI=1S/C12H14ClN3O3S/c1-7-6-15-12(19-7)8(2)16-20(17,18)11-5-9(13)3-4-10(11)14/h3-6,8,16H,14H2,1-2H3. The molecule has 1 heterocycles. The molecule has 8 heteroatoms. The maximum atomic E-state index is 12.3. The van der Waals surface area contributed by atoms with Gasteiger partial charge in [-0.25, -0.2) is 13.4 Å². The Labute approximate surface area is 122 Å². The number of hydrogen-bond acceptors (Lipinski definition) is 5. The number of nitrogens with one attached hydrogen (secondary N) is 1. The number of halogens is 1. The Bertz CT molecular complexity index is 727. The summed E-state index contributed by atoms with van der Waals surface area (Å²) < 4.78 is 32.3. The summed E-state index contributed by atoms with van der Waals surface area (Å²) in [7, 11) is -3.81. The quantitative estimate of drug-likeness (QED) is 0.843. The van der Waals surface area contributed by atoms with Crippen molar-refractivity contribution in [2.45, 2.75) is 24.8 Å². The van der Waals surface area contributed by atoms with E-state index < -0.39 is 16.1 Å². The Kier molecular flexibility index (Phi) is 4.03. The third kappa shape index (κ3) is 3.12. The van der Waals surface area contributed by atoms with Crippen LogP contribution >= 0.6 is 11.6 Å². The molecule has 2 aromatic rings. The third-order valence-corrected chi connectivity index (χ3v) is 4.44. The summed E-state index contributed by atoms with van der Waals surface area (Å²) in [6.07, 6.45) is 1.52. The fourth-order valence-electron chi connectivity index (χ4n) is 1.66. The molecule has 0 bridgehead atoms. The smallest absolute Gasteiger partial charge is 0.243 e. The second-order valence-electron chi connectivity index (χ2n) is 4.33. The average molecular weight is 316 g/mol. The summed E-state index contributed by atoms with van der Waals surface area (Å²) in [5.74, 6) is 0.889. The average Bonchev–Trinajstić information content (AvgIpc) is 2.78. The Hall–Kier alpha value is -1.57. The van der Waals surface area contributed by atoms with Gasteiger partial charge in [-0.15, -0.1) is 0 Å². The molecular formula is C12H14ClN3O3S. The van der Waals surface area contributed by atoms with Gasteiger partial charge in [-0.05, 0) is 32.0 Å². The van der Waals surface area contributed by atoms with E-state index in [1.807, 2.05) is 0 Å². The molecule has 1 unspecified atom stereocenters. The first-order valence-electron chi connectivity index (χ1n) is 5.79. The maximum absolute atomic E-state index is 12.3. The number of rotatable bonds is 4. The van der Waals surface area contributed by atoms with Crippen LogP contribution in [-0.4, -0.2) is 13.4 Å². The zero-order valence-corrected chi connectivity index (χ0v) is 12.5. The van der Waals surface area contributed by atoms with Crippen molar-refractivity contribution in [1.82, 2.24) is 9.71 Å². The van der Waals surface area contributed by atoms with E-state index >= 15 is 0 Å². The number of benzene rings is 1. The molecule has 0 radical (unpaired) electrons. The summed E-state index contributed by atoms with van der Waals surface area (Å²) in [6, 6.07) is 3.65. The number of oxazole rings is 1. The molecule has 20 heavy (non-hydrogen) atoms. The minimum Gasteiger partial charge on any atom is -0.444 e. The molecule has 108 valence electrons. The highest BCUT2D eigenvalue weighted by Crippen LogP contribution is 2.24. The van der Waals surface area contributed by atoms with Crippen molar-refractivity contribution in [2.75, 3.05) is 5.73 Å². The van der Waals surface area contributed by atoms with Crippen LogP contribution in [0.5, 0.6) is 0 Å². The molecule has 2 rings (SSSR count). The van der Waals surface area contributed by atoms with Gasteiger partial charge >= 0.3 is 0 Å². The molecule has 0 aliphatic rings. The van der Waals surface area contributed by atoms with Gasteiger partial charge in [0.1, 0.15) is 10.7 Å². The molecule has 3 N–H and O–H groups in total. The lowest BCUT2D eigenvalue weighted by Crippen LogP contribution is -2.27. The molecule has 0 amide bonds. The molecule has 0 spiro atoms. The number of nitrogens with zero attached hydrogens (tertiary/aromatic N) is 1. The van der Waals surface area contributed by atoms with Crippen molar-refractivity contribution in [3.8, 4) is 0 Å². The summed E-state index contributed by atoms with van der Waals surface area (Å²) >= 11 is 5.80. The third-order valence-electron chi connectivity index (χ3n) is 2.61. The Morgan fingerprint density at radius 2 is 2.15 bits per heavy atom. The van der Waals surface area contributed by atoms with Gasteiger partial charge in [0.25, 0.3) is 0 Å². The van der Waals surface area contributed by atoms with E-state index in [0.717, 1.165) is 0 Å². The molecule has 6 nitrogen and oxygen atoms in total. The van der Waals surface area contributed by atoms with Crippen LogP contribution in [0.15, 0.2) is 33.7 Å². The fourth-order valence-corrected chi connectivity index (χ4v) is 3.25. The van der Waals surface area contributed by atoms with Gasteiger partial charge in [0.15, 0.2) is 0 Å². The number of aryl methyl sites for hydroxylation is 1. The Morgan fingerprint density at radius 3 is 2.75 bits per heavy atom. The minimum absolute atomic E-state index is 0.0693. The van der Waals surface area contributed by atoms with Crippen LogP contribution in [0, 0.1) is 6.92 Å². The van der Waals surface area contributed by atoms with E-state index in [9.17, 15) is 8.42 Å². The highest BCUT2D eigenvalue weighted by molar-refractivity contribution is 7.89. The monoisotopic (exact) mass is 315 g/mol. The van der Waals surface area contributed by atoms with Gasteiger partial charge in [0, 0.05) is 5.02 Å². The summed E-state index contributed by atoms with van der Waals surface area (Å²) in [5.41, 5.74) is 5.80. The van der Waals surface area contributed by atoms with E-state index in [0.29, 0.717) is 10.8 Å². The second kappa shape index (κ2) is 5.43. The molecule has 0 aliphatic carbocycles. The van der Waals surface area contributed by atoms with Crippen LogP contribution in [0.1, 0.15) is 24.6 Å². The second-order valence-corrected chi connectivity index (χ2v) is 6.45. The number of aromatic nitrogens is 1. The van der Waals surface area contributed by atoms with Crippen LogP contribution in [0.25, 0.3) is 0 Å². The molecule has 0 saturated heterocycles. The molecule has 1 aromatic carbocycles. The highest BCUT2D eigenvalue weighted by Gasteiger charge is 2.23. The van der Waals surface area contributed by atoms with Gasteiger partial charge in [-0.2, -0.15) is 4.72 Å². The number of anilines is 1. The largest absolute Gasteiger partial charge is 0.444 e. The first-order valence-corrected chi connectivity index (χ1v) is 7.65.